The largest absolute Gasteiger partial charge is 0.345 e. The highest BCUT2D eigenvalue weighted by molar-refractivity contribution is 5.75. The maximum atomic E-state index is 13.2. The quantitative estimate of drug-likeness (QED) is 0.638. The molecule has 1 heterocycles. The first-order valence-electron chi connectivity index (χ1n) is 11.2. The summed E-state index contributed by atoms with van der Waals surface area (Å²) < 4.78 is 2.27. The third kappa shape index (κ3) is 5.88. The third-order valence-electron chi connectivity index (χ3n) is 6.34. The van der Waals surface area contributed by atoms with Crippen molar-refractivity contribution in [2.24, 2.45) is 5.92 Å². The molecule has 0 unspecified atom stereocenters. The molecule has 1 saturated carbocycles. The van der Waals surface area contributed by atoms with Gasteiger partial charge in [0.15, 0.2) is 0 Å². The van der Waals surface area contributed by atoms with Crippen LogP contribution in [0.4, 0.5) is 4.79 Å². The number of aryl methyl sites for hydroxylation is 1. The molecular weight excluding hydrogens is 358 g/mol. The Morgan fingerprint density at radius 1 is 1.14 bits per heavy atom. The van der Waals surface area contributed by atoms with Gasteiger partial charge in [-0.15, -0.1) is 0 Å². The average molecular weight is 396 g/mol. The molecule has 3 rings (SSSR count). The van der Waals surface area contributed by atoms with E-state index in [0.717, 1.165) is 19.4 Å². The lowest BCUT2D eigenvalue weighted by Gasteiger charge is -2.34. The van der Waals surface area contributed by atoms with Crippen LogP contribution in [-0.4, -0.2) is 27.6 Å². The lowest BCUT2D eigenvalue weighted by molar-refractivity contribution is 0.150. The van der Waals surface area contributed by atoms with Crippen molar-refractivity contribution in [1.82, 2.24) is 14.8 Å². The second-order valence-corrected chi connectivity index (χ2v) is 9.01. The maximum absolute atomic E-state index is 13.2. The molecule has 4 nitrogen and oxygen atoms in total. The first kappa shape index (κ1) is 21.5. The number of nitrogens with zero attached hydrogens (tertiary/aromatic N) is 2. The van der Waals surface area contributed by atoms with E-state index in [0.29, 0.717) is 18.5 Å². The van der Waals surface area contributed by atoms with Gasteiger partial charge in [-0.1, -0.05) is 62.9 Å². The number of urea groups is 1. The standard InChI is InChI=1S/C25H37N3O/c1-19(2)21(4)28(25(29)26-23-12-6-5-7-13-23)18-24-14-9-15-27(24)17-22-11-8-10-20(3)16-22/h8-11,14-16,19,21,23H,5-7,12-13,17-18H2,1-4H3,(H,26,29)/t21-/m0/s1. The van der Waals surface area contributed by atoms with E-state index >= 15 is 0 Å². The molecule has 0 saturated heterocycles. The Morgan fingerprint density at radius 2 is 1.90 bits per heavy atom. The molecule has 0 bridgehead atoms. The summed E-state index contributed by atoms with van der Waals surface area (Å²) in [5.41, 5.74) is 3.74. The number of aromatic nitrogens is 1. The van der Waals surface area contributed by atoms with Crippen molar-refractivity contribution in [1.29, 1.82) is 0 Å². The van der Waals surface area contributed by atoms with Crippen LogP contribution in [0.1, 0.15) is 69.7 Å². The van der Waals surface area contributed by atoms with E-state index in [-0.39, 0.29) is 12.1 Å². The molecule has 2 amide bonds. The van der Waals surface area contributed by atoms with Gasteiger partial charge >= 0.3 is 6.03 Å². The van der Waals surface area contributed by atoms with E-state index in [9.17, 15) is 4.79 Å². The highest BCUT2D eigenvalue weighted by Gasteiger charge is 2.26. The van der Waals surface area contributed by atoms with Crippen molar-refractivity contribution in [3.63, 3.8) is 0 Å². The zero-order chi connectivity index (χ0) is 20.8. The Morgan fingerprint density at radius 3 is 2.59 bits per heavy atom. The van der Waals surface area contributed by atoms with Gasteiger partial charge in [0.2, 0.25) is 0 Å². The van der Waals surface area contributed by atoms with Crippen LogP contribution in [-0.2, 0) is 13.1 Å². The van der Waals surface area contributed by atoms with Crippen molar-refractivity contribution in [2.45, 2.75) is 85.0 Å². The number of carbonyl (C=O) groups is 1. The summed E-state index contributed by atoms with van der Waals surface area (Å²) in [5, 5.41) is 3.32. The monoisotopic (exact) mass is 395 g/mol. The van der Waals surface area contributed by atoms with Gasteiger partial charge in [-0.25, -0.2) is 4.79 Å². The molecule has 158 valence electrons. The minimum absolute atomic E-state index is 0.0846. The van der Waals surface area contributed by atoms with Crippen LogP contribution in [0, 0.1) is 12.8 Å². The van der Waals surface area contributed by atoms with E-state index in [2.05, 4.69) is 80.2 Å². The van der Waals surface area contributed by atoms with Gasteiger partial charge in [-0.05, 0) is 50.3 Å². The highest BCUT2D eigenvalue weighted by Crippen LogP contribution is 2.20. The molecule has 1 atom stereocenters. The number of hydrogen-bond acceptors (Lipinski definition) is 1. The topological polar surface area (TPSA) is 37.3 Å². The van der Waals surface area contributed by atoms with Gasteiger partial charge < -0.3 is 14.8 Å². The summed E-state index contributed by atoms with van der Waals surface area (Å²) in [6.45, 7) is 10.1. The number of hydrogen-bond donors (Lipinski definition) is 1. The van der Waals surface area contributed by atoms with Crippen molar-refractivity contribution >= 4 is 6.03 Å². The lowest BCUT2D eigenvalue weighted by atomic mass is 9.95. The fourth-order valence-corrected chi connectivity index (χ4v) is 4.19. The molecular formula is C25H37N3O. The number of carbonyl (C=O) groups excluding carboxylic acids is 1. The number of rotatable bonds is 7. The third-order valence-corrected chi connectivity index (χ3v) is 6.34. The van der Waals surface area contributed by atoms with E-state index in [1.165, 1.54) is 36.1 Å². The Kier molecular flexibility index (Phi) is 7.40. The van der Waals surface area contributed by atoms with Crippen molar-refractivity contribution < 1.29 is 4.79 Å². The van der Waals surface area contributed by atoms with Crippen LogP contribution in [0.15, 0.2) is 42.6 Å². The van der Waals surface area contributed by atoms with Gasteiger partial charge in [0.1, 0.15) is 0 Å². The molecule has 0 spiro atoms. The van der Waals surface area contributed by atoms with E-state index in [1.54, 1.807) is 0 Å². The summed E-state index contributed by atoms with van der Waals surface area (Å²) in [4.78, 5) is 15.2. The summed E-state index contributed by atoms with van der Waals surface area (Å²) in [7, 11) is 0. The zero-order valence-corrected chi connectivity index (χ0v) is 18.5. The van der Waals surface area contributed by atoms with Gasteiger partial charge in [-0.2, -0.15) is 0 Å². The average Bonchev–Trinajstić information content (AvgIpc) is 3.13. The Labute approximate surface area is 176 Å². The smallest absolute Gasteiger partial charge is 0.318 e. The SMILES string of the molecule is Cc1cccc(Cn2cccc2CN(C(=O)NC2CCCCC2)[C@@H](C)C(C)C)c1. The Bertz CT molecular complexity index is 789. The second-order valence-electron chi connectivity index (χ2n) is 9.01. The minimum atomic E-state index is 0.0846. The first-order valence-corrected chi connectivity index (χ1v) is 11.2. The van der Waals surface area contributed by atoms with Crippen LogP contribution in [0.5, 0.6) is 0 Å². The molecule has 0 radical (unpaired) electrons. The van der Waals surface area contributed by atoms with Gasteiger partial charge in [0.05, 0.1) is 6.54 Å². The van der Waals surface area contributed by atoms with Gasteiger partial charge in [-0.3, -0.25) is 0 Å². The van der Waals surface area contributed by atoms with Crippen molar-refractivity contribution in [2.75, 3.05) is 0 Å². The summed E-state index contributed by atoms with van der Waals surface area (Å²) in [6.07, 6.45) is 8.09. The molecule has 1 aromatic heterocycles. The van der Waals surface area contributed by atoms with E-state index in [1.807, 2.05) is 4.90 Å². The van der Waals surface area contributed by atoms with Gasteiger partial charge in [0, 0.05) is 30.5 Å². The fraction of sp³-hybridized carbons (Fsp3) is 0.560. The summed E-state index contributed by atoms with van der Waals surface area (Å²) >= 11 is 0. The summed E-state index contributed by atoms with van der Waals surface area (Å²) in [5.74, 6) is 0.410. The molecule has 29 heavy (non-hydrogen) atoms. The predicted octanol–water partition coefficient (Wildman–Crippen LogP) is 5.73. The predicted molar refractivity (Wildman–Crippen MR) is 120 cm³/mol. The minimum Gasteiger partial charge on any atom is -0.345 e. The first-order chi connectivity index (χ1) is 13.9. The molecule has 1 aliphatic carbocycles. The molecule has 1 aliphatic rings. The Hall–Kier alpha value is -2.23. The van der Waals surface area contributed by atoms with E-state index < -0.39 is 0 Å². The van der Waals surface area contributed by atoms with Crippen molar-refractivity contribution in [3.8, 4) is 0 Å². The highest BCUT2D eigenvalue weighted by atomic mass is 16.2. The van der Waals surface area contributed by atoms with Crippen LogP contribution in [0.3, 0.4) is 0 Å². The van der Waals surface area contributed by atoms with Crippen molar-refractivity contribution in [3.05, 3.63) is 59.4 Å². The molecule has 0 aliphatic heterocycles. The normalized spacial score (nSPS) is 16.0. The van der Waals surface area contributed by atoms with Gasteiger partial charge in [0.25, 0.3) is 0 Å². The molecule has 2 aromatic rings. The lowest BCUT2D eigenvalue weighted by Crippen LogP contribution is -2.50. The van der Waals surface area contributed by atoms with E-state index in [4.69, 9.17) is 0 Å². The fourth-order valence-electron chi connectivity index (χ4n) is 4.19. The zero-order valence-electron chi connectivity index (χ0n) is 18.5. The molecule has 1 N–H and O–H groups in total. The van der Waals surface area contributed by atoms with Crippen LogP contribution in [0.2, 0.25) is 0 Å². The maximum Gasteiger partial charge on any atom is 0.318 e. The van der Waals surface area contributed by atoms with Crippen LogP contribution in [0.25, 0.3) is 0 Å². The molecule has 1 aromatic carbocycles. The van der Waals surface area contributed by atoms with Crippen LogP contribution >= 0.6 is 0 Å². The Balaban J connectivity index is 1.74. The second kappa shape index (κ2) is 10.00. The molecule has 1 fully saturated rings. The number of amides is 2. The van der Waals surface area contributed by atoms with Crippen LogP contribution < -0.4 is 5.32 Å². The molecule has 4 heteroatoms. The number of nitrogens with one attached hydrogen (secondary N) is 1. The summed E-state index contributed by atoms with van der Waals surface area (Å²) in [6, 6.07) is 13.5. The number of benzene rings is 1.